The first-order valence-corrected chi connectivity index (χ1v) is 24.8. The van der Waals surface area contributed by atoms with E-state index in [4.69, 9.17) is 21.7 Å². The Morgan fingerprint density at radius 2 is 1.15 bits per heavy atom. The molecule has 0 bridgehead atoms. The second-order valence-corrected chi connectivity index (χ2v) is 23.8. The van der Waals surface area contributed by atoms with Crippen LogP contribution >= 0.6 is 11.8 Å². The van der Waals surface area contributed by atoms with Crippen molar-refractivity contribution in [1.29, 1.82) is 0 Å². The molecule has 0 spiro atoms. The molecule has 1 aliphatic heterocycles. The molecule has 62 heavy (non-hydrogen) atoms. The maximum atomic E-state index is 9.12. The van der Waals surface area contributed by atoms with Crippen LogP contribution in [0.3, 0.4) is 0 Å². The van der Waals surface area contributed by atoms with Gasteiger partial charge in [-0.15, -0.1) is 0 Å². The standard InChI is InChI=1S/C57H46N2OSSi/c1-33-24-28-46-55(52(33)36-26-27-43-41-20-11-10-18-39(41)37-16-8-9-17-38(37)40-19-12-13-21-42(40)45(43)31-36)61-50-30-35(3)44(32-51(50)62(6,7)57(46,4)5)53-34(2)25-29-49-54(53)60-56-58-47-22-14-15-23-48(47)59(49)56/h8-32H,1-7H3/i1D3,2D3,3D3. The summed E-state index contributed by atoms with van der Waals surface area (Å²) in [4.78, 5) is 6.17. The van der Waals surface area contributed by atoms with Crippen LogP contribution in [0.25, 0.3) is 94.7 Å². The third-order valence-electron chi connectivity index (χ3n) is 14.0. The molecule has 0 unspecified atom stereocenters. The molecule has 12 rings (SSSR count). The Morgan fingerprint density at radius 1 is 0.565 bits per heavy atom. The van der Waals surface area contributed by atoms with Crippen LogP contribution in [0.4, 0.5) is 0 Å². The Bertz CT molecular complexity index is 3890. The van der Waals surface area contributed by atoms with E-state index < -0.39 is 33.7 Å². The predicted molar refractivity (Wildman–Crippen MR) is 264 cm³/mol. The molecule has 2 aromatic heterocycles. The van der Waals surface area contributed by atoms with E-state index in [1.807, 2.05) is 52.9 Å². The molecule has 5 heteroatoms. The number of hydrogen-bond acceptors (Lipinski definition) is 3. The van der Waals surface area contributed by atoms with Crippen LogP contribution in [0.15, 0.2) is 166 Å². The summed E-state index contributed by atoms with van der Waals surface area (Å²) in [5.74, 6) is 0.264. The summed E-state index contributed by atoms with van der Waals surface area (Å²) in [6.07, 6.45) is 0. The Balaban J connectivity index is 1.13. The summed E-state index contributed by atoms with van der Waals surface area (Å²) in [6.45, 7) is 1.05. The van der Waals surface area contributed by atoms with Gasteiger partial charge >= 0.3 is 5.84 Å². The van der Waals surface area contributed by atoms with Gasteiger partial charge in [-0.25, -0.2) is 0 Å². The topological polar surface area (TPSA) is 30.4 Å². The molecule has 3 nitrogen and oxygen atoms in total. The van der Waals surface area contributed by atoms with E-state index in [9.17, 15) is 0 Å². The molecule has 10 aromatic rings. The number of benzene rings is 8. The maximum absolute atomic E-state index is 9.12. The number of fused-ring (bicyclic) bond motifs is 15. The van der Waals surface area contributed by atoms with E-state index >= 15 is 0 Å². The fourth-order valence-electron chi connectivity index (χ4n) is 10.1. The first-order valence-electron chi connectivity index (χ1n) is 25.5. The summed E-state index contributed by atoms with van der Waals surface area (Å²) in [5.41, 5.74) is 13.6. The van der Waals surface area contributed by atoms with Crippen LogP contribution in [0, 0.1) is 20.6 Å². The largest absolute Gasteiger partial charge is 0.422 e. The van der Waals surface area contributed by atoms with E-state index in [0.29, 0.717) is 21.5 Å². The predicted octanol–water partition coefficient (Wildman–Crippen LogP) is 15.4. The van der Waals surface area contributed by atoms with Gasteiger partial charge < -0.3 is 4.42 Å². The molecule has 0 N–H and O–H groups in total. The quantitative estimate of drug-likeness (QED) is 0.162. The smallest absolute Gasteiger partial charge is 0.307 e. The first kappa shape index (κ1) is 29.0. The highest BCUT2D eigenvalue weighted by Gasteiger charge is 2.47. The zero-order valence-corrected chi connectivity index (χ0v) is 36.5. The first-order chi connectivity index (χ1) is 33.6. The zero-order valence-electron chi connectivity index (χ0n) is 43.6. The summed E-state index contributed by atoms with van der Waals surface area (Å²) < 4.78 is 89.3. The maximum Gasteiger partial charge on any atom is 0.307 e. The van der Waals surface area contributed by atoms with Gasteiger partial charge in [0.05, 0.1) is 24.6 Å². The number of aryl methyl sites for hydroxylation is 3. The number of nitrogens with zero attached hydrogens (tertiary/aromatic N) is 2. The van der Waals surface area contributed by atoms with E-state index in [2.05, 4.69) is 106 Å². The Morgan fingerprint density at radius 3 is 1.81 bits per heavy atom. The summed E-state index contributed by atoms with van der Waals surface area (Å²) in [6, 6.07) is 49.7. The van der Waals surface area contributed by atoms with E-state index in [0.717, 1.165) is 71.2 Å². The van der Waals surface area contributed by atoms with Crippen molar-refractivity contribution >= 4 is 53.0 Å². The summed E-state index contributed by atoms with van der Waals surface area (Å²) in [5, 5.41) is 0.342. The molecule has 0 radical (unpaired) electrons. The summed E-state index contributed by atoms with van der Waals surface area (Å²) >= 11 is 1.41. The molecule has 0 amide bonds. The number of aromatic nitrogens is 2. The van der Waals surface area contributed by atoms with Crippen LogP contribution in [0.2, 0.25) is 13.1 Å². The number of rotatable bonds is 2. The Labute approximate surface area is 380 Å². The van der Waals surface area contributed by atoms with Crippen molar-refractivity contribution < 1.29 is 16.8 Å². The second-order valence-electron chi connectivity index (χ2n) is 17.7. The number of oxazole rings is 1. The minimum absolute atomic E-state index is 0.0307. The van der Waals surface area contributed by atoms with E-state index in [-0.39, 0.29) is 39.2 Å². The SMILES string of the molecule is [2H]C([2H])([2H])c1cc2c(cc1-c1c(C([2H])([2H])[2H])ccc3c1oc1nc4ccccc4n13)[Si](C)(C)C(C)(C)c1ccc(C([2H])([2H])[2H])c(-c3ccc4c(c3)-c3ccccc3-c3ccccc3-c3ccccc3-4)c1S2. The molecule has 0 saturated carbocycles. The third kappa shape index (κ3) is 5.15. The van der Waals surface area contributed by atoms with Gasteiger partial charge in [-0.3, -0.25) is 4.40 Å². The van der Waals surface area contributed by atoms with Crippen molar-refractivity contribution in [3.05, 3.63) is 174 Å². The Kier molecular flexibility index (Phi) is 6.22. The lowest BCUT2D eigenvalue weighted by Crippen LogP contribution is -2.57. The van der Waals surface area contributed by atoms with Gasteiger partial charge in [0, 0.05) is 27.7 Å². The third-order valence-corrected chi connectivity index (χ3v) is 20.5. The van der Waals surface area contributed by atoms with Crippen molar-refractivity contribution in [2.75, 3.05) is 0 Å². The van der Waals surface area contributed by atoms with Gasteiger partial charge in [-0.2, -0.15) is 4.98 Å². The molecular formula is C57H46N2OSSi. The molecule has 8 aromatic carbocycles. The number of para-hydroxylation sites is 2. The lowest BCUT2D eigenvalue weighted by atomic mass is 9.80. The van der Waals surface area contributed by atoms with Crippen molar-refractivity contribution in [3.8, 4) is 66.8 Å². The molecule has 0 saturated heterocycles. The van der Waals surface area contributed by atoms with Gasteiger partial charge in [0.25, 0.3) is 0 Å². The van der Waals surface area contributed by atoms with Crippen LogP contribution in [0.5, 0.6) is 0 Å². The van der Waals surface area contributed by atoms with Gasteiger partial charge in [-0.1, -0.05) is 160 Å². The Hall–Kier alpha value is -6.40. The second kappa shape index (κ2) is 13.3. The minimum Gasteiger partial charge on any atom is -0.422 e. The molecule has 0 fully saturated rings. The molecule has 0 atom stereocenters. The van der Waals surface area contributed by atoms with E-state index in [1.54, 1.807) is 24.3 Å². The highest BCUT2D eigenvalue weighted by atomic mass is 32.2. The highest BCUT2D eigenvalue weighted by molar-refractivity contribution is 7.99. The van der Waals surface area contributed by atoms with Crippen LogP contribution in [-0.4, -0.2) is 17.5 Å². The molecule has 1 aliphatic carbocycles. The number of hydrogen-bond donors (Lipinski definition) is 0. The van der Waals surface area contributed by atoms with Gasteiger partial charge in [0.1, 0.15) is 0 Å². The monoisotopic (exact) mass is 843 g/mol. The highest BCUT2D eigenvalue weighted by Crippen LogP contribution is 2.53. The lowest BCUT2D eigenvalue weighted by Gasteiger charge is -2.41. The lowest BCUT2D eigenvalue weighted by molar-refractivity contribution is 0.644. The van der Waals surface area contributed by atoms with Crippen LogP contribution < -0.4 is 5.19 Å². The van der Waals surface area contributed by atoms with Crippen molar-refractivity contribution in [2.24, 2.45) is 0 Å². The molecule has 2 aliphatic rings. The van der Waals surface area contributed by atoms with Gasteiger partial charge in [0.2, 0.25) is 0 Å². The minimum atomic E-state index is -2.85. The van der Waals surface area contributed by atoms with Crippen LogP contribution in [-0.2, 0) is 5.04 Å². The molecule has 300 valence electrons. The molecule has 3 heterocycles. The van der Waals surface area contributed by atoms with Crippen molar-refractivity contribution in [1.82, 2.24) is 9.38 Å². The fraction of sp³-hybridized carbons (Fsp3) is 0.140. The van der Waals surface area contributed by atoms with Gasteiger partial charge in [-0.05, 0) is 145 Å². The fourth-order valence-corrected chi connectivity index (χ4v) is 15.2. The van der Waals surface area contributed by atoms with Crippen LogP contribution in [0.1, 0.15) is 48.4 Å². The van der Waals surface area contributed by atoms with E-state index in [1.165, 1.54) is 11.8 Å². The average Bonchev–Trinajstić information content (AvgIpc) is 3.86. The number of imidazole rings is 1. The van der Waals surface area contributed by atoms with Crippen molar-refractivity contribution in [3.63, 3.8) is 0 Å². The van der Waals surface area contributed by atoms with Crippen molar-refractivity contribution in [2.45, 2.75) is 62.3 Å². The zero-order chi connectivity index (χ0) is 49.7. The average molecular weight is 844 g/mol. The normalized spacial score (nSPS) is 17.3. The molecular weight excluding hydrogens is 789 g/mol. The van der Waals surface area contributed by atoms with Gasteiger partial charge in [0.15, 0.2) is 5.58 Å². The summed E-state index contributed by atoms with van der Waals surface area (Å²) in [7, 11) is -2.85.